The smallest absolute Gasteiger partial charge is 0.337 e. The van der Waals surface area contributed by atoms with Crippen molar-refractivity contribution < 1.29 is 22.7 Å². The normalized spacial score (nSPS) is 18.1. The zero-order chi connectivity index (χ0) is 19.6. The minimum absolute atomic E-state index is 0.00943. The number of Topliss-reactive ketones (excluding diaryl/α,β-unsaturated/α-hetero) is 1. The minimum Gasteiger partial charge on any atom is -0.467 e. The molecular formula is C20H21NO5S. The number of carbonyl (C=O) groups is 2. The van der Waals surface area contributed by atoms with Gasteiger partial charge >= 0.3 is 5.97 Å². The van der Waals surface area contributed by atoms with Crippen molar-refractivity contribution in [3.8, 4) is 0 Å². The summed E-state index contributed by atoms with van der Waals surface area (Å²) in [6.07, 6.45) is 2.43. The number of nitrogens with zero attached hydrogens (tertiary/aromatic N) is 1. The van der Waals surface area contributed by atoms with E-state index in [1.54, 1.807) is 24.3 Å². The van der Waals surface area contributed by atoms with Gasteiger partial charge < -0.3 is 4.74 Å². The Morgan fingerprint density at radius 2 is 1.78 bits per heavy atom. The van der Waals surface area contributed by atoms with Gasteiger partial charge in [0, 0.05) is 5.56 Å². The largest absolute Gasteiger partial charge is 0.467 e. The summed E-state index contributed by atoms with van der Waals surface area (Å²) < 4.78 is 32.4. The fourth-order valence-corrected chi connectivity index (χ4v) is 5.09. The Hall–Kier alpha value is -2.67. The molecule has 1 aliphatic heterocycles. The Balaban J connectivity index is 2.26. The Morgan fingerprint density at radius 1 is 1.11 bits per heavy atom. The maximum atomic E-state index is 13.4. The van der Waals surface area contributed by atoms with Crippen LogP contribution in [-0.4, -0.2) is 33.3 Å². The second-order valence-corrected chi connectivity index (χ2v) is 8.10. The van der Waals surface area contributed by atoms with Crippen LogP contribution in [0.15, 0.2) is 53.4 Å². The lowest BCUT2D eigenvalue weighted by Gasteiger charge is -2.35. The van der Waals surface area contributed by atoms with E-state index in [1.807, 2.05) is 19.1 Å². The highest BCUT2D eigenvalue weighted by molar-refractivity contribution is 7.93. The van der Waals surface area contributed by atoms with Crippen molar-refractivity contribution in [2.75, 3.05) is 11.4 Å². The van der Waals surface area contributed by atoms with E-state index in [0.717, 1.165) is 29.8 Å². The molecule has 0 fully saturated rings. The van der Waals surface area contributed by atoms with Crippen LogP contribution in [0.2, 0.25) is 0 Å². The minimum atomic E-state index is -4.11. The predicted octanol–water partition coefficient (Wildman–Crippen LogP) is 2.96. The third kappa shape index (κ3) is 3.23. The molecule has 27 heavy (non-hydrogen) atoms. The summed E-state index contributed by atoms with van der Waals surface area (Å²) in [6.45, 7) is 2.04. The highest BCUT2D eigenvalue weighted by Crippen LogP contribution is 2.36. The number of benzene rings is 2. The standard InChI is InChI=1S/C20H21NO5S/c1-3-4-9-14-10-5-7-12-16(14)21-18(20(23)26-2)19(22)15-11-6-8-13-17(15)27(21,24)25/h5-8,10-13,18H,3-4,9H2,1-2H3. The van der Waals surface area contributed by atoms with Crippen LogP contribution >= 0.6 is 0 Å². The van der Waals surface area contributed by atoms with Crippen molar-refractivity contribution in [1.29, 1.82) is 0 Å². The van der Waals surface area contributed by atoms with Gasteiger partial charge in [0.2, 0.25) is 6.04 Å². The molecule has 0 amide bonds. The molecular weight excluding hydrogens is 366 g/mol. The Labute approximate surface area is 158 Å². The number of hydrogen-bond acceptors (Lipinski definition) is 5. The number of fused-ring (bicyclic) bond motifs is 1. The number of ketones is 1. The molecule has 142 valence electrons. The number of ether oxygens (including phenoxy) is 1. The maximum Gasteiger partial charge on any atom is 0.337 e. The molecule has 0 radical (unpaired) electrons. The van der Waals surface area contributed by atoms with Gasteiger partial charge in [0.1, 0.15) is 0 Å². The highest BCUT2D eigenvalue weighted by Gasteiger charge is 2.48. The highest BCUT2D eigenvalue weighted by atomic mass is 32.2. The summed E-state index contributed by atoms with van der Waals surface area (Å²) in [5, 5.41) is 0. The third-order valence-electron chi connectivity index (χ3n) is 4.63. The topological polar surface area (TPSA) is 80.8 Å². The van der Waals surface area contributed by atoms with Crippen LogP contribution in [-0.2, 0) is 26.0 Å². The first-order valence-electron chi connectivity index (χ1n) is 8.77. The summed E-state index contributed by atoms with van der Waals surface area (Å²) in [4.78, 5) is 25.3. The third-order valence-corrected chi connectivity index (χ3v) is 6.46. The van der Waals surface area contributed by atoms with Gasteiger partial charge in [-0.25, -0.2) is 17.5 Å². The number of unbranched alkanes of at least 4 members (excludes halogenated alkanes) is 1. The van der Waals surface area contributed by atoms with Gasteiger partial charge in [-0.2, -0.15) is 0 Å². The summed E-state index contributed by atoms with van der Waals surface area (Å²) in [5.74, 6) is -1.49. The number of rotatable bonds is 5. The summed E-state index contributed by atoms with van der Waals surface area (Å²) in [6, 6.07) is 11.3. The van der Waals surface area contributed by atoms with Crippen LogP contribution in [0.5, 0.6) is 0 Å². The van der Waals surface area contributed by atoms with Gasteiger partial charge in [0.15, 0.2) is 5.78 Å². The number of hydrogen-bond donors (Lipinski definition) is 0. The van der Waals surface area contributed by atoms with Gasteiger partial charge in [0.05, 0.1) is 17.7 Å². The second-order valence-electron chi connectivity index (χ2n) is 6.32. The van der Waals surface area contributed by atoms with Crippen LogP contribution in [0.25, 0.3) is 0 Å². The number of esters is 1. The first-order chi connectivity index (χ1) is 12.9. The molecule has 1 atom stereocenters. The van der Waals surface area contributed by atoms with Crippen molar-refractivity contribution in [2.45, 2.75) is 37.1 Å². The Kier molecular flexibility index (Phi) is 5.32. The number of anilines is 1. The van der Waals surface area contributed by atoms with Gasteiger partial charge in [0.25, 0.3) is 10.0 Å². The van der Waals surface area contributed by atoms with E-state index >= 15 is 0 Å². The molecule has 0 aromatic heterocycles. The fraction of sp³-hybridized carbons (Fsp3) is 0.300. The lowest BCUT2D eigenvalue weighted by molar-refractivity contribution is -0.140. The zero-order valence-electron chi connectivity index (χ0n) is 15.2. The molecule has 1 aliphatic rings. The van der Waals surface area contributed by atoms with E-state index in [4.69, 9.17) is 4.74 Å². The molecule has 0 saturated carbocycles. The van der Waals surface area contributed by atoms with Crippen molar-refractivity contribution in [1.82, 2.24) is 0 Å². The zero-order valence-corrected chi connectivity index (χ0v) is 16.0. The SMILES string of the molecule is CCCCc1ccccc1N1C(C(=O)OC)C(=O)c2ccccc2S1(=O)=O. The molecule has 2 aromatic rings. The van der Waals surface area contributed by atoms with Gasteiger partial charge in [-0.3, -0.25) is 4.79 Å². The molecule has 0 aliphatic carbocycles. The van der Waals surface area contributed by atoms with E-state index in [9.17, 15) is 18.0 Å². The van der Waals surface area contributed by atoms with Crippen LogP contribution in [0.1, 0.15) is 35.7 Å². The number of para-hydroxylation sites is 1. The number of sulfonamides is 1. The molecule has 0 N–H and O–H groups in total. The molecule has 6 nitrogen and oxygen atoms in total. The molecule has 1 heterocycles. The molecule has 3 rings (SSSR count). The number of aryl methyl sites for hydroxylation is 1. The summed E-state index contributed by atoms with van der Waals surface area (Å²) in [5.41, 5.74) is 1.11. The van der Waals surface area contributed by atoms with Crippen molar-refractivity contribution in [3.63, 3.8) is 0 Å². The van der Waals surface area contributed by atoms with Crippen molar-refractivity contribution in [2.24, 2.45) is 0 Å². The quantitative estimate of drug-likeness (QED) is 0.582. The van der Waals surface area contributed by atoms with Gasteiger partial charge in [-0.15, -0.1) is 0 Å². The lowest BCUT2D eigenvalue weighted by atomic mass is 10.0. The van der Waals surface area contributed by atoms with Crippen LogP contribution < -0.4 is 4.31 Å². The van der Waals surface area contributed by atoms with E-state index in [2.05, 4.69) is 0 Å². The summed E-state index contributed by atoms with van der Waals surface area (Å²) in [7, 11) is -2.97. The molecule has 0 saturated heterocycles. The Morgan fingerprint density at radius 3 is 2.48 bits per heavy atom. The first-order valence-corrected chi connectivity index (χ1v) is 10.2. The predicted molar refractivity (Wildman–Crippen MR) is 101 cm³/mol. The number of methoxy groups -OCH3 is 1. The average Bonchev–Trinajstić information content (AvgIpc) is 2.69. The lowest BCUT2D eigenvalue weighted by Crippen LogP contribution is -2.54. The first kappa shape index (κ1) is 19.1. The second kappa shape index (κ2) is 7.52. The van der Waals surface area contributed by atoms with Crippen molar-refractivity contribution >= 4 is 27.5 Å². The fourth-order valence-electron chi connectivity index (χ4n) is 3.28. The van der Waals surface area contributed by atoms with Crippen LogP contribution in [0.4, 0.5) is 5.69 Å². The van der Waals surface area contributed by atoms with E-state index in [-0.39, 0.29) is 10.5 Å². The van der Waals surface area contributed by atoms with E-state index in [0.29, 0.717) is 12.1 Å². The van der Waals surface area contributed by atoms with Gasteiger partial charge in [-0.1, -0.05) is 43.7 Å². The average molecular weight is 387 g/mol. The van der Waals surface area contributed by atoms with Gasteiger partial charge in [-0.05, 0) is 36.6 Å². The molecule has 1 unspecified atom stereocenters. The molecule has 0 bridgehead atoms. The maximum absolute atomic E-state index is 13.4. The van der Waals surface area contributed by atoms with Crippen LogP contribution in [0, 0.1) is 0 Å². The van der Waals surface area contributed by atoms with Crippen molar-refractivity contribution in [3.05, 3.63) is 59.7 Å². The number of carbonyl (C=O) groups excluding carboxylic acids is 2. The molecule has 2 aromatic carbocycles. The van der Waals surface area contributed by atoms with E-state index < -0.39 is 27.8 Å². The van der Waals surface area contributed by atoms with Crippen LogP contribution in [0.3, 0.4) is 0 Å². The Bertz CT molecular complexity index is 983. The monoisotopic (exact) mass is 387 g/mol. The molecule has 0 spiro atoms. The van der Waals surface area contributed by atoms with E-state index in [1.165, 1.54) is 12.1 Å². The molecule has 7 heteroatoms. The summed E-state index contributed by atoms with van der Waals surface area (Å²) >= 11 is 0.